The van der Waals surface area contributed by atoms with Crippen LogP contribution in [0.3, 0.4) is 0 Å². The molecule has 27 heavy (non-hydrogen) atoms. The number of ether oxygens (including phenoxy) is 2. The molecule has 2 bridgehead atoms. The van der Waals surface area contributed by atoms with Crippen LogP contribution in [-0.4, -0.2) is 31.7 Å². The van der Waals surface area contributed by atoms with Gasteiger partial charge in [-0.3, -0.25) is 4.79 Å². The summed E-state index contributed by atoms with van der Waals surface area (Å²) in [4.78, 5) is 12.6. The topological polar surface area (TPSA) is 73.6 Å². The van der Waals surface area contributed by atoms with Crippen molar-refractivity contribution in [1.82, 2.24) is 5.32 Å². The van der Waals surface area contributed by atoms with Crippen LogP contribution in [0.5, 0.6) is 11.5 Å². The smallest absolute Gasteiger partial charge is 0.223 e. The first-order chi connectivity index (χ1) is 12.6. The van der Waals surface area contributed by atoms with Gasteiger partial charge < -0.3 is 20.5 Å². The van der Waals surface area contributed by atoms with Gasteiger partial charge in [-0.2, -0.15) is 0 Å². The van der Waals surface area contributed by atoms with Gasteiger partial charge in [0.15, 0.2) is 11.5 Å². The zero-order chi connectivity index (χ0) is 18.1. The number of amides is 1. The largest absolute Gasteiger partial charge is 0.486 e. The second-order valence-corrected chi connectivity index (χ2v) is 8.25. The number of hydrogen-bond donors (Lipinski definition) is 2. The number of fused-ring (bicyclic) bond motifs is 3. The summed E-state index contributed by atoms with van der Waals surface area (Å²) in [6.45, 7) is 1.66. The zero-order valence-electron chi connectivity index (χ0n) is 15.4. The van der Waals surface area contributed by atoms with E-state index in [4.69, 9.17) is 26.8 Å². The minimum Gasteiger partial charge on any atom is -0.486 e. The van der Waals surface area contributed by atoms with E-state index in [1.165, 1.54) is 19.3 Å². The maximum absolute atomic E-state index is 12.6. The van der Waals surface area contributed by atoms with Crippen LogP contribution >= 0.6 is 24.0 Å². The van der Waals surface area contributed by atoms with Crippen LogP contribution in [-0.2, 0) is 11.2 Å². The normalized spacial score (nSPS) is 28.8. The zero-order valence-corrected chi connectivity index (χ0v) is 17.0. The van der Waals surface area contributed by atoms with Gasteiger partial charge in [-0.1, -0.05) is 18.0 Å². The number of nitrogens with one attached hydrogen (secondary N) is 1. The lowest BCUT2D eigenvalue weighted by atomic mass is 9.65. The Bertz CT molecular complexity index is 671. The first kappa shape index (κ1) is 20.6. The van der Waals surface area contributed by atoms with Gasteiger partial charge >= 0.3 is 0 Å². The minimum absolute atomic E-state index is 0. The summed E-state index contributed by atoms with van der Waals surface area (Å²) in [7, 11) is 0. The first-order valence-electron chi connectivity index (χ1n) is 9.73. The van der Waals surface area contributed by atoms with Gasteiger partial charge in [0.05, 0.1) is 5.02 Å². The van der Waals surface area contributed by atoms with Crippen molar-refractivity contribution in [2.45, 2.75) is 44.6 Å². The summed E-state index contributed by atoms with van der Waals surface area (Å²) in [6.07, 6.45) is 6.23. The lowest BCUT2D eigenvalue weighted by molar-refractivity contribution is -0.127. The predicted octanol–water partition coefficient (Wildman–Crippen LogP) is 3.35. The van der Waals surface area contributed by atoms with Gasteiger partial charge in [0, 0.05) is 18.5 Å². The van der Waals surface area contributed by atoms with Gasteiger partial charge in [-0.05, 0) is 61.6 Å². The molecule has 3 aliphatic rings. The standard InChI is InChI=1S/C20H27ClN2O3.ClH/c21-16-8-12(9-17-19(16)26-7-6-25-17)4-5-23-20(24)15-10-13-2-1-3-14(11-15)18(13)22;/h8-9,13-15,18H,1-7,10-11,22H2,(H,23,24);1H. The number of benzene rings is 1. The first-order valence-corrected chi connectivity index (χ1v) is 10.1. The minimum atomic E-state index is 0. The molecule has 0 spiro atoms. The van der Waals surface area contributed by atoms with Crippen molar-refractivity contribution in [3.8, 4) is 11.5 Å². The predicted molar refractivity (Wildman–Crippen MR) is 108 cm³/mol. The Morgan fingerprint density at radius 1 is 1.19 bits per heavy atom. The van der Waals surface area contributed by atoms with Crippen LogP contribution in [0.15, 0.2) is 12.1 Å². The molecule has 2 saturated carbocycles. The van der Waals surface area contributed by atoms with E-state index in [2.05, 4.69) is 5.32 Å². The molecule has 0 aromatic heterocycles. The number of carbonyl (C=O) groups excluding carboxylic acids is 1. The highest BCUT2D eigenvalue weighted by atomic mass is 35.5. The van der Waals surface area contributed by atoms with Crippen molar-refractivity contribution in [2.24, 2.45) is 23.5 Å². The molecule has 150 valence electrons. The fourth-order valence-corrected chi connectivity index (χ4v) is 5.07. The van der Waals surface area contributed by atoms with E-state index >= 15 is 0 Å². The SMILES string of the molecule is Cl.NC1C2CCCC1CC(C(=O)NCCc1cc(Cl)c3c(c1)OCCO3)C2. The monoisotopic (exact) mass is 414 g/mol. The number of rotatable bonds is 4. The second-order valence-electron chi connectivity index (χ2n) is 7.84. The Kier molecular flexibility index (Phi) is 6.77. The summed E-state index contributed by atoms with van der Waals surface area (Å²) < 4.78 is 11.2. The molecule has 1 amide bonds. The van der Waals surface area contributed by atoms with Crippen molar-refractivity contribution in [3.05, 3.63) is 22.7 Å². The molecule has 3 N–H and O–H groups in total. The van der Waals surface area contributed by atoms with Crippen LogP contribution in [0.4, 0.5) is 0 Å². The third kappa shape index (κ3) is 4.47. The average molecular weight is 415 g/mol. The lowest BCUT2D eigenvalue weighted by Gasteiger charge is -2.43. The molecule has 5 nitrogen and oxygen atoms in total. The highest BCUT2D eigenvalue weighted by Crippen LogP contribution is 2.42. The van der Waals surface area contributed by atoms with E-state index in [0.29, 0.717) is 54.2 Å². The van der Waals surface area contributed by atoms with E-state index < -0.39 is 0 Å². The van der Waals surface area contributed by atoms with Crippen molar-refractivity contribution in [1.29, 1.82) is 0 Å². The lowest BCUT2D eigenvalue weighted by Crippen LogP contribution is -2.49. The third-order valence-electron chi connectivity index (χ3n) is 6.15. The van der Waals surface area contributed by atoms with Gasteiger partial charge in [0.2, 0.25) is 5.91 Å². The van der Waals surface area contributed by atoms with Crippen LogP contribution in [0, 0.1) is 17.8 Å². The molecule has 1 aromatic rings. The Labute approximate surface area is 171 Å². The van der Waals surface area contributed by atoms with Gasteiger partial charge in [0.25, 0.3) is 0 Å². The molecule has 1 aliphatic heterocycles. The molecule has 7 heteroatoms. The van der Waals surface area contributed by atoms with Crippen molar-refractivity contribution >= 4 is 29.9 Å². The maximum atomic E-state index is 12.6. The Hall–Kier alpha value is -1.17. The Morgan fingerprint density at radius 3 is 2.63 bits per heavy atom. The quantitative estimate of drug-likeness (QED) is 0.791. The highest BCUT2D eigenvalue weighted by molar-refractivity contribution is 6.32. The summed E-state index contributed by atoms with van der Waals surface area (Å²) in [5.41, 5.74) is 7.37. The van der Waals surface area contributed by atoms with Crippen LogP contribution in [0.2, 0.25) is 5.02 Å². The fraction of sp³-hybridized carbons (Fsp3) is 0.650. The number of halogens is 2. The Morgan fingerprint density at radius 2 is 1.89 bits per heavy atom. The van der Waals surface area contributed by atoms with Crippen molar-refractivity contribution in [2.75, 3.05) is 19.8 Å². The molecule has 2 fully saturated rings. The molecular formula is C20H28Cl2N2O3. The number of hydrogen-bond acceptors (Lipinski definition) is 4. The van der Waals surface area contributed by atoms with Gasteiger partial charge in [-0.25, -0.2) is 0 Å². The molecule has 0 saturated heterocycles. The average Bonchev–Trinajstić information content (AvgIpc) is 2.61. The molecule has 2 atom stereocenters. The summed E-state index contributed by atoms with van der Waals surface area (Å²) in [5.74, 6) is 2.66. The van der Waals surface area contributed by atoms with E-state index in [1.54, 1.807) is 0 Å². The molecule has 2 unspecified atom stereocenters. The van der Waals surface area contributed by atoms with E-state index in [0.717, 1.165) is 24.8 Å². The molecular weight excluding hydrogens is 387 g/mol. The molecule has 1 heterocycles. The molecule has 0 radical (unpaired) electrons. The highest BCUT2D eigenvalue weighted by Gasteiger charge is 2.40. The fourth-order valence-electron chi connectivity index (χ4n) is 4.79. The number of carbonyl (C=O) groups is 1. The number of nitrogens with two attached hydrogens (primary N) is 1. The van der Waals surface area contributed by atoms with E-state index in [9.17, 15) is 4.79 Å². The van der Waals surface area contributed by atoms with Crippen LogP contribution in [0.1, 0.15) is 37.7 Å². The van der Waals surface area contributed by atoms with E-state index in [1.807, 2.05) is 12.1 Å². The Balaban J connectivity index is 0.00000210. The van der Waals surface area contributed by atoms with Crippen molar-refractivity contribution < 1.29 is 14.3 Å². The third-order valence-corrected chi connectivity index (χ3v) is 6.43. The maximum Gasteiger partial charge on any atom is 0.223 e. The van der Waals surface area contributed by atoms with Gasteiger partial charge in [0.1, 0.15) is 13.2 Å². The second kappa shape index (κ2) is 8.89. The molecule has 2 aliphatic carbocycles. The summed E-state index contributed by atoms with van der Waals surface area (Å²) in [5, 5.41) is 3.68. The van der Waals surface area contributed by atoms with Crippen LogP contribution < -0.4 is 20.5 Å². The van der Waals surface area contributed by atoms with Crippen molar-refractivity contribution in [3.63, 3.8) is 0 Å². The van der Waals surface area contributed by atoms with E-state index in [-0.39, 0.29) is 24.2 Å². The molecule has 1 aromatic carbocycles. The summed E-state index contributed by atoms with van der Waals surface area (Å²) in [6, 6.07) is 4.15. The molecule has 4 rings (SSSR count). The van der Waals surface area contributed by atoms with Gasteiger partial charge in [-0.15, -0.1) is 12.4 Å². The van der Waals surface area contributed by atoms with Crippen LogP contribution in [0.25, 0.3) is 0 Å². The summed E-state index contributed by atoms with van der Waals surface area (Å²) >= 11 is 6.27.